The van der Waals surface area contributed by atoms with Crippen molar-refractivity contribution in [1.82, 2.24) is 4.90 Å². The molecule has 0 aliphatic carbocycles. The third-order valence-electron chi connectivity index (χ3n) is 16.0. The molecule has 1 aromatic rings. The van der Waals surface area contributed by atoms with Gasteiger partial charge in [-0.3, -0.25) is 19.3 Å². The van der Waals surface area contributed by atoms with Crippen molar-refractivity contribution in [1.29, 1.82) is 0 Å². The van der Waals surface area contributed by atoms with Crippen molar-refractivity contribution < 1.29 is 62.1 Å². The summed E-state index contributed by atoms with van der Waals surface area (Å²) in [6, 6.07) is 6.69. The Bertz CT molecular complexity index is 1940. The van der Waals surface area contributed by atoms with Crippen LogP contribution in [0.1, 0.15) is 111 Å². The van der Waals surface area contributed by atoms with Gasteiger partial charge in [-0.25, -0.2) is 0 Å². The van der Waals surface area contributed by atoms with Gasteiger partial charge in [0.15, 0.2) is 5.79 Å². The number of carbonyl (C=O) groups is 3. The van der Waals surface area contributed by atoms with Crippen molar-refractivity contribution in [3.8, 4) is 0 Å². The molecule has 62 heavy (non-hydrogen) atoms. The minimum absolute atomic E-state index is 0.0119. The number of Topliss-reactive ketones (excluding diaryl/α,β-unsaturated/α-hetero) is 1. The molecule has 10 fully saturated rings. The number of methoxy groups -OCH3 is 1. The topological polar surface area (TPSA) is 158 Å². The van der Waals surface area contributed by atoms with Crippen LogP contribution in [0.25, 0.3) is 0 Å². The Hall–Kier alpha value is -2.89. The normalized spacial score (nSPS) is 46.8. The summed E-state index contributed by atoms with van der Waals surface area (Å²) >= 11 is 0. The Kier molecular flexibility index (Phi) is 10.9. The van der Waals surface area contributed by atoms with Crippen LogP contribution >= 0.6 is 0 Å². The van der Waals surface area contributed by atoms with E-state index < -0.39 is 48.1 Å². The van der Waals surface area contributed by atoms with Crippen LogP contribution in [0.3, 0.4) is 0 Å². The maximum atomic E-state index is 14.3. The second-order valence-electron chi connectivity index (χ2n) is 20.0. The fourth-order valence-electron chi connectivity index (χ4n) is 12.9. The quantitative estimate of drug-likeness (QED) is 0.319. The fraction of sp³-hybridized carbons (Fsp3) is 0.729. The third kappa shape index (κ3) is 7.28. The zero-order chi connectivity index (χ0) is 42.6. The van der Waals surface area contributed by atoms with Crippen LogP contribution in [0.5, 0.6) is 0 Å². The van der Waals surface area contributed by atoms with Gasteiger partial charge in [-0.05, 0) is 74.1 Å². The number of benzene rings is 1. The SMILES string of the molecule is C=C1C[C@@H]2CC[C@@]34C[C@@H]5O[C@H]6[C@@H](O3)[C@H]3OC(CC[C@@H]3O[C@H]6C5O4)CC(=O)C[C@H]3[C@H](CC4O[C@@H](CCC1O2)C[C@@H](C)C4=C)OC(C[C@H](O)CN1C(=O)c2ccccc2C1=O)[C@@H]3OC. The van der Waals surface area contributed by atoms with Crippen LogP contribution in [-0.2, 0) is 47.4 Å². The first-order valence-electron chi connectivity index (χ1n) is 23.3. The van der Waals surface area contributed by atoms with E-state index in [4.69, 9.17) is 42.6 Å². The van der Waals surface area contributed by atoms with Gasteiger partial charge in [0.25, 0.3) is 11.8 Å². The smallest absolute Gasteiger partial charge is 0.261 e. The third-order valence-corrected chi connectivity index (χ3v) is 16.0. The number of β-amino-alcohol motifs (C(OH)–C–C–N with tert-alkyl or cyclic N) is 1. The summed E-state index contributed by atoms with van der Waals surface area (Å²) in [4.78, 5) is 41.8. The molecule has 10 saturated heterocycles. The standard InChI is InChI=1S/C48H61NO13/c1-23-15-28-9-11-34-24(2)16-30(55-34)13-14-48-21-39-42(61-48)43-44(60-39)45(62-48)41-35(59-43)12-10-29(57-41)17-26(50)18-33-37(20-36(56-28)25(23)3)58-38(40(33)54-4)19-27(51)22-49-46(52)31-7-5-6-8-32(31)47(49)53/h5-8,23,27-30,33-45,51H,2-3,9-22H2,1,4H3/t23-,27+,28+,29?,30+,33+,34?,35+,36?,37+,38?,39+,40-,41+,42?,43+,44-,45+,48+/m1/s1. The Labute approximate surface area is 362 Å². The summed E-state index contributed by atoms with van der Waals surface area (Å²) in [5.41, 5.74) is 2.76. The van der Waals surface area contributed by atoms with Crippen LogP contribution in [0.2, 0.25) is 0 Å². The van der Waals surface area contributed by atoms with Gasteiger partial charge in [0.2, 0.25) is 0 Å². The van der Waals surface area contributed by atoms with Gasteiger partial charge in [0.05, 0.1) is 84.8 Å². The molecule has 14 nitrogen and oxygen atoms in total. The summed E-state index contributed by atoms with van der Waals surface area (Å²) in [5, 5.41) is 11.5. The minimum Gasteiger partial charge on any atom is -0.391 e. The highest BCUT2D eigenvalue weighted by Crippen LogP contribution is 2.54. The molecular formula is C48H61NO13. The molecule has 1 N–H and O–H groups in total. The molecule has 0 saturated carbocycles. The number of nitrogens with zero attached hydrogens (tertiary/aromatic N) is 1. The number of aliphatic hydroxyl groups excluding tert-OH is 1. The Morgan fingerprint density at radius 2 is 1.47 bits per heavy atom. The van der Waals surface area contributed by atoms with E-state index in [1.54, 1.807) is 31.4 Å². The molecule has 5 unspecified atom stereocenters. The second kappa shape index (κ2) is 16.2. The fourth-order valence-corrected chi connectivity index (χ4v) is 12.9. The zero-order valence-electron chi connectivity index (χ0n) is 35.8. The number of hydrogen-bond acceptors (Lipinski definition) is 13. The number of amides is 2. The minimum atomic E-state index is -1.09. The summed E-state index contributed by atoms with van der Waals surface area (Å²) in [7, 11) is 1.61. The monoisotopic (exact) mass is 859 g/mol. The van der Waals surface area contributed by atoms with Crippen LogP contribution in [0.15, 0.2) is 48.6 Å². The second-order valence-corrected chi connectivity index (χ2v) is 20.0. The van der Waals surface area contributed by atoms with Gasteiger partial charge >= 0.3 is 0 Å². The molecule has 336 valence electrons. The Balaban J connectivity index is 0.851. The number of imide groups is 1. The average molecular weight is 860 g/mol. The largest absolute Gasteiger partial charge is 0.391 e. The Morgan fingerprint density at radius 1 is 0.758 bits per heavy atom. The molecule has 2 amide bonds. The van der Waals surface area contributed by atoms with E-state index in [0.29, 0.717) is 36.8 Å². The highest BCUT2D eigenvalue weighted by molar-refractivity contribution is 6.21. The average Bonchev–Trinajstić information content (AvgIpc) is 3.98. The van der Waals surface area contributed by atoms with Crippen LogP contribution in [-0.4, -0.2) is 145 Å². The molecule has 1 aromatic carbocycles. The van der Waals surface area contributed by atoms with Crippen LogP contribution < -0.4 is 0 Å². The van der Waals surface area contributed by atoms with E-state index in [1.807, 2.05) is 0 Å². The maximum absolute atomic E-state index is 14.3. The van der Waals surface area contributed by atoms with E-state index in [-0.39, 0.29) is 111 Å². The zero-order valence-corrected chi connectivity index (χ0v) is 35.8. The molecule has 19 atom stereocenters. The van der Waals surface area contributed by atoms with Gasteiger partial charge in [0, 0.05) is 51.6 Å². The lowest BCUT2D eigenvalue weighted by Crippen LogP contribution is -2.61. The highest BCUT2D eigenvalue weighted by atomic mass is 16.8. The predicted molar refractivity (Wildman–Crippen MR) is 219 cm³/mol. The molecule has 0 aromatic heterocycles. The molecule has 12 bridgehead atoms. The number of hydrogen-bond donors (Lipinski definition) is 1. The van der Waals surface area contributed by atoms with Gasteiger partial charge in [-0.15, -0.1) is 0 Å². The summed E-state index contributed by atoms with van der Waals surface area (Å²) in [6.07, 6.45) is 2.42. The molecule has 14 heteroatoms. The van der Waals surface area contributed by atoms with Crippen LogP contribution in [0.4, 0.5) is 0 Å². The predicted octanol–water partition coefficient (Wildman–Crippen LogP) is 4.78. The Morgan fingerprint density at radius 3 is 2.26 bits per heavy atom. The lowest BCUT2D eigenvalue weighted by molar-refractivity contribution is -0.292. The lowest BCUT2D eigenvalue weighted by atomic mass is 9.81. The lowest BCUT2D eigenvalue weighted by Gasteiger charge is -2.47. The van der Waals surface area contributed by atoms with Gasteiger partial charge < -0.3 is 47.7 Å². The molecule has 11 heterocycles. The number of rotatable bonds is 5. The molecule has 11 aliphatic heterocycles. The van der Waals surface area contributed by atoms with Gasteiger partial charge in [-0.1, -0.05) is 32.2 Å². The summed E-state index contributed by atoms with van der Waals surface area (Å²) < 4.78 is 60.5. The molecule has 11 aliphatic rings. The summed E-state index contributed by atoms with van der Waals surface area (Å²) in [5.74, 6) is -1.81. The maximum Gasteiger partial charge on any atom is 0.261 e. The van der Waals surface area contributed by atoms with Gasteiger partial charge in [0.1, 0.15) is 36.3 Å². The van der Waals surface area contributed by atoms with Crippen molar-refractivity contribution in [2.75, 3.05) is 13.7 Å². The van der Waals surface area contributed by atoms with Crippen LogP contribution in [0, 0.1) is 11.8 Å². The van der Waals surface area contributed by atoms with Gasteiger partial charge in [-0.2, -0.15) is 0 Å². The van der Waals surface area contributed by atoms with Crippen molar-refractivity contribution in [2.45, 2.75) is 194 Å². The van der Waals surface area contributed by atoms with E-state index in [1.165, 1.54) is 0 Å². The number of fused-ring (bicyclic) bond motifs is 7. The van der Waals surface area contributed by atoms with E-state index >= 15 is 0 Å². The molecule has 0 radical (unpaired) electrons. The van der Waals surface area contributed by atoms with E-state index in [2.05, 4.69) is 20.1 Å². The first-order valence-corrected chi connectivity index (χ1v) is 23.3. The van der Waals surface area contributed by atoms with Crippen molar-refractivity contribution >= 4 is 17.6 Å². The highest BCUT2D eigenvalue weighted by Gasteiger charge is 2.69. The van der Waals surface area contributed by atoms with E-state index in [9.17, 15) is 19.5 Å². The number of carbonyl (C=O) groups excluding carboxylic acids is 3. The van der Waals surface area contributed by atoms with Crippen molar-refractivity contribution in [3.63, 3.8) is 0 Å². The molecule has 1 spiro atoms. The molecular weight excluding hydrogens is 799 g/mol. The van der Waals surface area contributed by atoms with E-state index in [0.717, 1.165) is 54.6 Å². The van der Waals surface area contributed by atoms with Crippen molar-refractivity contribution in [3.05, 3.63) is 59.7 Å². The number of aliphatic hydroxyl groups is 1. The van der Waals surface area contributed by atoms with Crippen molar-refractivity contribution in [2.24, 2.45) is 11.8 Å². The first kappa shape index (κ1) is 41.8. The number of ether oxygens (including phenoxy) is 9. The first-order chi connectivity index (χ1) is 29.9. The number of ketones is 1. The molecule has 12 rings (SSSR count). The summed E-state index contributed by atoms with van der Waals surface area (Å²) in [6.45, 7) is 10.9.